The molecule has 0 aliphatic carbocycles. The van der Waals surface area contributed by atoms with Crippen LogP contribution in [0, 0.1) is 0 Å². The van der Waals surface area contributed by atoms with Crippen LogP contribution in [0.5, 0.6) is 11.5 Å². The maximum Gasteiger partial charge on any atom is 0.143 e. The minimum absolute atomic E-state index is 0.865. The van der Waals surface area contributed by atoms with E-state index in [1.807, 2.05) is 18.2 Å². The van der Waals surface area contributed by atoms with E-state index in [-0.39, 0.29) is 0 Å². The molecule has 49 heavy (non-hydrogen) atoms. The molecule has 0 unspecified atom stereocenters. The van der Waals surface area contributed by atoms with E-state index in [2.05, 4.69) is 182 Å². The van der Waals surface area contributed by atoms with Crippen LogP contribution in [-0.2, 0) is 0 Å². The smallest absolute Gasteiger partial charge is 0.143 e. The van der Waals surface area contributed by atoms with Gasteiger partial charge in [-0.25, -0.2) is 0 Å². The van der Waals surface area contributed by atoms with Crippen LogP contribution in [0.1, 0.15) is 12.5 Å². The lowest BCUT2D eigenvalue weighted by atomic mass is 9.92. The molecule has 0 bridgehead atoms. The highest BCUT2D eigenvalue weighted by molar-refractivity contribution is 5.94. The van der Waals surface area contributed by atoms with Crippen molar-refractivity contribution in [2.45, 2.75) is 6.92 Å². The predicted molar refractivity (Wildman–Crippen MR) is 207 cm³/mol. The molecule has 0 spiro atoms. The van der Waals surface area contributed by atoms with Crippen molar-refractivity contribution in [3.63, 3.8) is 0 Å². The monoisotopic (exact) mass is 629 g/mol. The number of ether oxygens (including phenoxy) is 1. The Hall–Kier alpha value is -6.38. The lowest BCUT2D eigenvalue weighted by Crippen LogP contribution is -2.10. The van der Waals surface area contributed by atoms with E-state index >= 15 is 0 Å². The maximum atomic E-state index is 6.76. The molecule has 0 radical (unpaired) electrons. The van der Waals surface area contributed by atoms with Crippen LogP contribution in [0.2, 0.25) is 0 Å². The van der Waals surface area contributed by atoms with Crippen molar-refractivity contribution in [2.24, 2.45) is 0 Å². The van der Waals surface area contributed by atoms with Crippen molar-refractivity contribution in [3.05, 3.63) is 194 Å². The summed E-state index contributed by atoms with van der Waals surface area (Å²) in [5.74, 6) is 1.74. The summed E-state index contributed by atoms with van der Waals surface area (Å²) in [6.07, 6.45) is 3.87. The Bertz CT molecular complexity index is 2300. The zero-order chi connectivity index (χ0) is 33.2. The minimum Gasteiger partial charge on any atom is -0.455 e. The van der Waals surface area contributed by atoms with Gasteiger partial charge >= 0.3 is 0 Å². The Morgan fingerprint density at radius 1 is 0.469 bits per heavy atom. The minimum atomic E-state index is 0.865. The molecule has 7 aromatic rings. The average molecular weight is 630 g/mol. The van der Waals surface area contributed by atoms with Crippen LogP contribution in [0.4, 0.5) is 17.1 Å². The standard InChI is InChI=1S/C47H35NO/c1-3-12-33(2)34-21-27-38(28-22-34)48(39-29-23-36(24-30-39)35-13-5-4-6-14-35)40-31-25-37(26-32-40)41-18-11-19-45-43-16-8-7-15-42(43)44-17-9-10-20-46(44)49-47(41)45/h3-32H,1H2,2H3. The fourth-order valence-electron chi connectivity index (χ4n) is 6.74. The van der Waals surface area contributed by atoms with Crippen LogP contribution >= 0.6 is 0 Å². The summed E-state index contributed by atoms with van der Waals surface area (Å²) in [6.45, 7) is 5.98. The molecule has 0 atom stereocenters. The van der Waals surface area contributed by atoms with Gasteiger partial charge in [0.15, 0.2) is 0 Å². The first-order valence-electron chi connectivity index (χ1n) is 16.6. The number of benzene rings is 7. The molecule has 1 heterocycles. The van der Waals surface area contributed by atoms with Crippen LogP contribution in [0.25, 0.3) is 50.1 Å². The van der Waals surface area contributed by atoms with E-state index in [4.69, 9.17) is 4.74 Å². The lowest BCUT2D eigenvalue weighted by Gasteiger charge is -2.26. The van der Waals surface area contributed by atoms with Gasteiger partial charge in [0.1, 0.15) is 11.5 Å². The third-order valence-electron chi connectivity index (χ3n) is 9.24. The van der Waals surface area contributed by atoms with Gasteiger partial charge in [0.05, 0.1) is 0 Å². The molecular formula is C47H35NO. The fourth-order valence-corrected chi connectivity index (χ4v) is 6.74. The summed E-state index contributed by atoms with van der Waals surface area (Å²) in [4.78, 5) is 2.31. The van der Waals surface area contributed by atoms with E-state index < -0.39 is 0 Å². The second kappa shape index (κ2) is 13.0. The van der Waals surface area contributed by atoms with Crippen LogP contribution < -0.4 is 9.64 Å². The summed E-state index contributed by atoms with van der Waals surface area (Å²) in [7, 11) is 0. The van der Waals surface area contributed by atoms with Gasteiger partial charge < -0.3 is 9.64 Å². The topological polar surface area (TPSA) is 12.5 Å². The lowest BCUT2D eigenvalue weighted by molar-refractivity contribution is 0.489. The SMILES string of the molecule is C=CC=C(C)c1ccc(N(c2ccc(-c3ccccc3)cc2)c2ccc(-c3cccc4c3Oc3ccccc3-c3ccccc3-4)cc2)cc1. The molecule has 0 saturated heterocycles. The second-order valence-electron chi connectivity index (χ2n) is 12.3. The van der Waals surface area contributed by atoms with Crippen LogP contribution in [0.15, 0.2) is 189 Å². The van der Waals surface area contributed by atoms with Crippen LogP contribution in [0.3, 0.4) is 0 Å². The number of fused-ring (bicyclic) bond motifs is 5. The fraction of sp³-hybridized carbons (Fsp3) is 0.0213. The van der Waals surface area contributed by atoms with Crippen molar-refractivity contribution < 1.29 is 4.74 Å². The Morgan fingerprint density at radius 3 is 1.61 bits per heavy atom. The van der Waals surface area contributed by atoms with Gasteiger partial charge in [-0.15, -0.1) is 0 Å². The van der Waals surface area contributed by atoms with Gasteiger partial charge in [0.2, 0.25) is 0 Å². The number of rotatable bonds is 7. The predicted octanol–water partition coefficient (Wildman–Crippen LogP) is 13.5. The van der Waals surface area contributed by atoms with E-state index in [0.717, 1.165) is 50.8 Å². The molecule has 1 aliphatic rings. The average Bonchev–Trinajstić information content (AvgIpc) is 3.31. The quantitative estimate of drug-likeness (QED) is 0.163. The summed E-state index contributed by atoms with van der Waals surface area (Å²) in [5, 5.41) is 0. The third-order valence-corrected chi connectivity index (χ3v) is 9.24. The van der Waals surface area contributed by atoms with Crippen molar-refractivity contribution in [2.75, 3.05) is 4.90 Å². The largest absolute Gasteiger partial charge is 0.455 e. The zero-order valence-corrected chi connectivity index (χ0v) is 27.4. The molecule has 234 valence electrons. The first-order chi connectivity index (χ1) is 24.2. The van der Waals surface area contributed by atoms with Gasteiger partial charge in [-0.05, 0) is 88.3 Å². The molecule has 2 heteroatoms. The highest BCUT2D eigenvalue weighted by Crippen LogP contribution is 2.50. The Kier molecular flexibility index (Phi) is 7.97. The maximum absolute atomic E-state index is 6.76. The number of nitrogens with zero attached hydrogens (tertiary/aromatic N) is 1. The number of hydrogen-bond acceptors (Lipinski definition) is 2. The number of allylic oxidation sites excluding steroid dienone is 3. The molecule has 1 aliphatic heterocycles. The third kappa shape index (κ3) is 5.75. The Balaban J connectivity index is 1.20. The van der Waals surface area contributed by atoms with Crippen molar-refractivity contribution in [1.82, 2.24) is 0 Å². The van der Waals surface area contributed by atoms with Crippen molar-refractivity contribution in [3.8, 4) is 56.0 Å². The normalized spacial score (nSPS) is 11.7. The van der Waals surface area contributed by atoms with Gasteiger partial charge in [0.25, 0.3) is 0 Å². The van der Waals surface area contributed by atoms with Gasteiger partial charge in [-0.1, -0.05) is 146 Å². The second-order valence-corrected chi connectivity index (χ2v) is 12.3. The zero-order valence-electron chi connectivity index (χ0n) is 27.4. The van der Waals surface area contributed by atoms with Gasteiger partial charge in [-0.3, -0.25) is 0 Å². The summed E-state index contributed by atoms with van der Waals surface area (Å²) >= 11 is 0. The molecule has 0 aromatic heterocycles. The Morgan fingerprint density at radius 2 is 0.959 bits per heavy atom. The summed E-state index contributed by atoms with van der Waals surface area (Å²) < 4.78 is 6.76. The molecule has 2 nitrogen and oxygen atoms in total. The highest BCUT2D eigenvalue weighted by atomic mass is 16.5. The van der Waals surface area contributed by atoms with Crippen molar-refractivity contribution in [1.29, 1.82) is 0 Å². The van der Waals surface area contributed by atoms with E-state index in [0.29, 0.717) is 0 Å². The van der Waals surface area contributed by atoms with Gasteiger partial charge in [0, 0.05) is 33.8 Å². The molecule has 8 rings (SSSR count). The summed E-state index contributed by atoms with van der Waals surface area (Å²) in [6, 6.07) is 60.2. The molecule has 0 fully saturated rings. The van der Waals surface area contributed by atoms with E-state index in [1.165, 1.54) is 33.4 Å². The van der Waals surface area contributed by atoms with Crippen LogP contribution in [-0.4, -0.2) is 0 Å². The number of anilines is 3. The Labute approximate surface area is 288 Å². The van der Waals surface area contributed by atoms with Gasteiger partial charge in [-0.2, -0.15) is 0 Å². The van der Waals surface area contributed by atoms with E-state index in [1.54, 1.807) is 0 Å². The molecule has 0 saturated carbocycles. The number of hydrogen-bond donors (Lipinski definition) is 0. The first kappa shape index (κ1) is 30.0. The molecular weight excluding hydrogens is 595 g/mol. The first-order valence-corrected chi connectivity index (χ1v) is 16.6. The molecule has 7 aromatic carbocycles. The molecule has 0 amide bonds. The van der Waals surface area contributed by atoms with Crippen molar-refractivity contribution >= 4 is 22.6 Å². The highest BCUT2D eigenvalue weighted by Gasteiger charge is 2.23. The number of para-hydroxylation sites is 2. The summed E-state index contributed by atoms with van der Waals surface area (Å²) in [5.41, 5.74) is 14.7. The molecule has 0 N–H and O–H groups in total. The van der Waals surface area contributed by atoms with E-state index in [9.17, 15) is 0 Å².